The number of esters is 1. The number of rotatable bonds is 8. The van der Waals surface area contributed by atoms with Crippen molar-refractivity contribution in [3.05, 3.63) is 41.5 Å². The zero-order valence-electron chi connectivity index (χ0n) is 12.4. The zero-order valence-corrected chi connectivity index (χ0v) is 12.4. The van der Waals surface area contributed by atoms with Gasteiger partial charge in [-0.3, -0.25) is 4.79 Å². The van der Waals surface area contributed by atoms with Crippen molar-refractivity contribution >= 4 is 18.0 Å². The van der Waals surface area contributed by atoms with E-state index in [1.165, 1.54) is 13.2 Å². The predicted octanol–water partition coefficient (Wildman–Crippen LogP) is 2.03. The first-order chi connectivity index (χ1) is 10.2. The topological polar surface area (TPSA) is 64.6 Å². The van der Waals surface area contributed by atoms with Gasteiger partial charge in [-0.25, -0.2) is 4.79 Å². The average Bonchev–Trinajstić information content (AvgIpc) is 2.52. The van der Waals surface area contributed by atoms with Crippen molar-refractivity contribution in [2.24, 2.45) is 0 Å². The SMILES string of the molecule is CCOCCCNC(=O)/C=C/c1ccc(C(=O)OC)cc1. The fraction of sp³-hybridized carbons (Fsp3) is 0.375. The maximum atomic E-state index is 11.6. The monoisotopic (exact) mass is 291 g/mol. The van der Waals surface area contributed by atoms with Gasteiger partial charge in [0.25, 0.3) is 0 Å². The van der Waals surface area contributed by atoms with Crippen molar-refractivity contribution in [2.75, 3.05) is 26.9 Å². The van der Waals surface area contributed by atoms with Crippen LogP contribution in [0.25, 0.3) is 6.08 Å². The van der Waals surface area contributed by atoms with Crippen molar-refractivity contribution in [3.8, 4) is 0 Å². The van der Waals surface area contributed by atoms with Crippen LogP contribution >= 0.6 is 0 Å². The molecular weight excluding hydrogens is 270 g/mol. The smallest absolute Gasteiger partial charge is 0.337 e. The summed E-state index contributed by atoms with van der Waals surface area (Å²) in [4.78, 5) is 22.8. The average molecular weight is 291 g/mol. The number of carbonyl (C=O) groups is 2. The lowest BCUT2D eigenvalue weighted by molar-refractivity contribution is -0.116. The van der Waals surface area contributed by atoms with E-state index in [4.69, 9.17) is 4.74 Å². The Kier molecular flexibility index (Phi) is 7.82. The molecule has 0 aliphatic rings. The zero-order chi connectivity index (χ0) is 15.5. The molecule has 1 amide bonds. The van der Waals surface area contributed by atoms with E-state index < -0.39 is 0 Å². The normalized spacial score (nSPS) is 10.6. The second-order valence-corrected chi connectivity index (χ2v) is 4.29. The molecular formula is C16H21NO4. The molecule has 1 N–H and O–H groups in total. The third-order valence-corrected chi connectivity index (χ3v) is 2.73. The van der Waals surface area contributed by atoms with Crippen molar-refractivity contribution < 1.29 is 19.1 Å². The van der Waals surface area contributed by atoms with Crippen molar-refractivity contribution in [2.45, 2.75) is 13.3 Å². The number of methoxy groups -OCH3 is 1. The van der Waals surface area contributed by atoms with Crippen LogP contribution in [0.1, 0.15) is 29.3 Å². The van der Waals surface area contributed by atoms with E-state index in [0.717, 1.165) is 12.0 Å². The van der Waals surface area contributed by atoms with Gasteiger partial charge >= 0.3 is 5.97 Å². The number of carbonyl (C=O) groups excluding carboxylic acids is 2. The molecule has 0 atom stereocenters. The molecule has 0 spiro atoms. The largest absolute Gasteiger partial charge is 0.465 e. The molecule has 5 nitrogen and oxygen atoms in total. The summed E-state index contributed by atoms with van der Waals surface area (Å²) >= 11 is 0. The third-order valence-electron chi connectivity index (χ3n) is 2.73. The molecule has 0 radical (unpaired) electrons. The Bertz CT molecular complexity index is 480. The molecule has 0 saturated carbocycles. The van der Waals surface area contributed by atoms with Gasteiger partial charge in [0.1, 0.15) is 0 Å². The quantitative estimate of drug-likeness (QED) is 0.452. The summed E-state index contributed by atoms with van der Waals surface area (Å²) < 4.78 is 9.79. The van der Waals surface area contributed by atoms with Crippen molar-refractivity contribution in [3.63, 3.8) is 0 Å². The lowest BCUT2D eigenvalue weighted by Gasteiger charge is -2.02. The summed E-state index contributed by atoms with van der Waals surface area (Å²) in [6, 6.07) is 6.83. The fourth-order valence-corrected chi connectivity index (χ4v) is 1.61. The van der Waals surface area contributed by atoms with Crippen molar-refractivity contribution in [1.82, 2.24) is 5.32 Å². The molecule has 0 bridgehead atoms. The highest BCUT2D eigenvalue weighted by Crippen LogP contribution is 2.07. The van der Waals surface area contributed by atoms with Gasteiger partial charge in [0, 0.05) is 25.8 Å². The van der Waals surface area contributed by atoms with Crippen LogP contribution in [0.3, 0.4) is 0 Å². The van der Waals surface area contributed by atoms with Crippen LogP contribution in [0.15, 0.2) is 30.3 Å². The molecule has 0 aliphatic heterocycles. The van der Waals surface area contributed by atoms with E-state index in [2.05, 4.69) is 10.1 Å². The highest BCUT2D eigenvalue weighted by atomic mass is 16.5. The molecule has 0 aromatic heterocycles. The fourth-order valence-electron chi connectivity index (χ4n) is 1.61. The van der Waals surface area contributed by atoms with E-state index in [9.17, 15) is 9.59 Å². The highest BCUT2D eigenvalue weighted by Gasteiger charge is 2.03. The van der Waals surface area contributed by atoms with Crippen LogP contribution in [-0.2, 0) is 14.3 Å². The molecule has 1 rings (SSSR count). The van der Waals surface area contributed by atoms with Gasteiger partial charge in [0.15, 0.2) is 0 Å². The minimum absolute atomic E-state index is 0.149. The molecule has 21 heavy (non-hydrogen) atoms. The van der Waals surface area contributed by atoms with E-state index in [1.54, 1.807) is 30.3 Å². The summed E-state index contributed by atoms with van der Waals surface area (Å²) in [7, 11) is 1.34. The summed E-state index contributed by atoms with van der Waals surface area (Å²) in [5.74, 6) is -0.527. The van der Waals surface area contributed by atoms with E-state index in [-0.39, 0.29) is 11.9 Å². The number of amides is 1. The first-order valence-electron chi connectivity index (χ1n) is 6.89. The van der Waals surface area contributed by atoms with Gasteiger partial charge in [-0.1, -0.05) is 12.1 Å². The Morgan fingerprint density at radius 3 is 2.57 bits per heavy atom. The van der Waals surface area contributed by atoms with E-state index >= 15 is 0 Å². The predicted molar refractivity (Wildman–Crippen MR) is 80.9 cm³/mol. The summed E-state index contributed by atoms with van der Waals surface area (Å²) in [5, 5.41) is 2.77. The molecule has 0 unspecified atom stereocenters. The van der Waals surface area contributed by atoms with E-state index in [0.29, 0.717) is 25.3 Å². The number of hydrogen-bond donors (Lipinski definition) is 1. The Labute approximate surface area is 124 Å². The molecule has 0 fully saturated rings. The molecule has 0 heterocycles. The van der Waals surface area contributed by atoms with Gasteiger partial charge < -0.3 is 14.8 Å². The van der Waals surface area contributed by atoms with Crippen LogP contribution < -0.4 is 5.32 Å². The summed E-state index contributed by atoms with van der Waals surface area (Å²) in [6.07, 6.45) is 3.95. The van der Waals surface area contributed by atoms with Crippen LogP contribution in [0.4, 0.5) is 0 Å². The van der Waals surface area contributed by atoms with E-state index in [1.807, 2.05) is 6.92 Å². The lowest BCUT2D eigenvalue weighted by Crippen LogP contribution is -2.23. The van der Waals surface area contributed by atoms with Gasteiger partial charge in [-0.15, -0.1) is 0 Å². The van der Waals surface area contributed by atoms with Crippen LogP contribution in [0.2, 0.25) is 0 Å². The molecule has 0 saturated heterocycles. The summed E-state index contributed by atoms with van der Waals surface area (Å²) in [6.45, 7) is 3.86. The first kappa shape index (κ1) is 16.9. The number of nitrogens with one attached hydrogen (secondary N) is 1. The maximum Gasteiger partial charge on any atom is 0.337 e. The minimum Gasteiger partial charge on any atom is -0.465 e. The Morgan fingerprint density at radius 2 is 1.95 bits per heavy atom. The second kappa shape index (κ2) is 9.72. The van der Waals surface area contributed by atoms with Gasteiger partial charge in [-0.05, 0) is 37.1 Å². The van der Waals surface area contributed by atoms with Crippen molar-refractivity contribution in [1.29, 1.82) is 0 Å². The maximum absolute atomic E-state index is 11.6. The Morgan fingerprint density at radius 1 is 1.24 bits per heavy atom. The van der Waals surface area contributed by atoms with Crippen LogP contribution in [0, 0.1) is 0 Å². The van der Waals surface area contributed by atoms with Crippen LogP contribution in [-0.4, -0.2) is 38.7 Å². The number of ether oxygens (including phenoxy) is 2. The molecule has 5 heteroatoms. The van der Waals surface area contributed by atoms with Gasteiger partial charge in [0.2, 0.25) is 5.91 Å². The standard InChI is InChI=1S/C16H21NO4/c1-3-21-12-4-11-17-15(18)10-7-13-5-8-14(9-6-13)16(19)20-2/h5-10H,3-4,11-12H2,1-2H3,(H,17,18)/b10-7+. The van der Waals surface area contributed by atoms with Gasteiger partial charge in [0.05, 0.1) is 12.7 Å². The molecule has 114 valence electrons. The number of benzene rings is 1. The lowest BCUT2D eigenvalue weighted by atomic mass is 10.1. The Hall–Kier alpha value is -2.14. The molecule has 1 aromatic rings. The van der Waals surface area contributed by atoms with Crippen LogP contribution in [0.5, 0.6) is 0 Å². The minimum atomic E-state index is -0.377. The second-order valence-electron chi connectivity index (χ2n) is 4.29. The number of hydrogen-bond acceptors (Lipinski definition) is 4. The Balaban J connectivity index is 2.38. The summed E-state index contributed by atoms with van der Waals surface area (Å²) in [5.41, 5.74) is 1.32. The molecule has 1 aromatic carbocycles. The van der Waals surface area contributed by atoms with Gasteiger partial charge in [-0.2, -0.15) is 0 Å². The first-order valence-corrected chi connectivity index (χ1v) is 6.89. The highest BCUT2D eigenvalue weighted by molar-refractivity contribution is 5.92. The third kappa shape index (κ3) is 6.72. The molecule has 0 aliphatic carbocycles.